The minimum absolute atomic E-state index is 0.0977. The number of ether oxygens (including phenoxy) is 1. The number of unbranched alkanes of at least 4 members (excludes halogenated alkanes) is 3. The second kappa shape index (κ2) is 6.88. The standard InChI is InChI=1S/C13H17O3/c1-2-3-4-5-10-16-13(15)11-6-8-12(14)9-7-11/h6-9H,2-5,10H2,1H3. The lowest BCUT2D eigenvalue weighted by molar-refractivity contribution is 0.0498. The molecular weight excluding hydrogens is 204 g/mol. The molecule has 0 bridgehead atoms. The Hall–Kier alpha value is -1.51. The van der Waals surface area contributed by atoms with E-state index in [0.717, 1.165) is 12.8 Å². The van der Waals surface area contributed by atoms with Crippen LogP contribution < -0.4 is 0 Å². The fourth-order valence-electron chi connectivity index (χ4n) is 1.37. The molecule has 0 heterocycles. The third-order valence-electron chi connectivity index (χ3n) is 2.32. The van der Waals surface area contributed by atoms with Gasteiger partial charge in [-0.1, -0.05) is 26.2 Å². The Morgan fingerprint density at radius 3 is 2.44 bits per heavy atom. The Morgan fingerprint density at radius 1 is 1.12 bits per heavy atom. The van der Waals surface area contributed by atoms with Gasteiger partial charge in [0, 0.05) is 0 Å². The molecule has 0 aliphatic rings. The van der Waals surface area contributed by atoms with Gasteiger partial charge in [0.25, 0.3) is 0 Å². The maximum absolute atomic E-state index is 11.5. The first kappa shape index (κ1) is 12.6. The van der Waals surface area contributed by atoms with Gasteiger partial charge in [-0.3, -0.25) is 5.11 Å². The van der Waals surface area contributed by atoms with Crippen LogP contribution in [0.4, 0.5) is 0 Å². The smallest absolute Gasteiger partial charge is 0.338 e. The summed E-state index contributed by atoms with van der Waals surface area (Å²) < 4.78 is 5.07. The Balaban J connectivity index is 2.27. The zero-order valence-electron chi connectivity index (χ0n) is 9.57. The van der Waals surface area contributed by atoms with Crippen molar-refractivity contribution in [1.82, 2.24) is 0 Å². The van der Waals surface area contributed by atoms with E-state index in [9.17, 15) is 9.90 Å². The van der Waals surface area contributed by atoms with Crippen molar-refractivity contribution in [2.24, 2.45) is 0 Å². The molecule has 0 N–H and O–H groups in total. The number of hydrogen-bond donors (Lipinski definition) is 0. The number of rotatable bonds is 6. The first-order valence-electron chi connectivity index (χ1n) is 5.68. The summed E-state index contributed by atoms with van der Waals surface area (Å²) in [5.41, 5.74) is 0.440. The number of carbonyl (C=O) groups is 1. The summed E-state index contributed by atoms with van der Waals surface area (Å²) >= 11 is 0. The van der Waals surface area contributed by atoms with Crippen LogP contribution in [0.1, 0.15) is 43.0 Å². The minimum Gasteiger partial charge on any atom is -0.462 e. The van der Waals surface area contributed by atoms with Gasteiger partial charge in [-0.15, -0.1) is 0 Å². The van der Waals surface area contributed by atoms with Crippen molar-refractivity contribution in [1.29, 1.82) is 0 Å². The average Bonchev–Trinajstić information content (AvgIpc) is 2.29. The van der Waals surface area contributed by atoms with Gasteiger partial charge in [0.05, 0.1) is 12.2 Å². The molecule has 0 fully saturated rings. The molecule has 1 aromatic carbocycles. The molecule has 1 aromatic rings. The summed E-state index contributed by atoms with van der Waals surface area (Å²) in [5.74, 6) is -0.448. The van der Waals surface area contributed by atoms with Crippen LogP contribution in [0.5, 0.6) is 5.75 Å². The Bertz CT molecular complexity index is 316. The molecule has 0 unspecified atom stereocenters. The van der Waals surface area contributed by atoms with Gasteiger partial charge in [-0.05, 0) is 30.7 Å². The molecule has 16 heavy (non-hydrogen) atoms. The van der Waals surface area contributed by atoms with Crippen LogP contribution in [0.15, 0.2) is 24.3 Å². The first-order valence-corrected chi connectivity index (χ1v) is 5.68. The van der Waals surface area contributed by atoms with E-state index >= 15 is 0 Å². The van der Waals surface area contributed by atoms with Gasteiger partial charge < -0.3 is 4.74 Å². The van der Waals surface area contributed by atoms with Crippen LogP contribution in [-0.4, -0.2) is 12.6 Å². The summed E-state index contributed by atoms with van der Waals surface area (Å²) in [6.07, 6.45) is 4.32. The summed E-state index contributed by atoms with van der Waals surface area (Å²) in [6, 6.07) is 5.73. The molecule has 0 aromatic heterocycles. The van der Waals surface area contributed by atoms with E-state index < -0.39 is 0 Å². The van der Waals surface area contributed by atoms with E-state index in [0.29, 0.717) is 12.2 Å². The van der Waals surface area contributed by atoms with Gasteiger partial charge in [-0.25, -0.2) is 4.79 Å². The summed E-state index contributed by atoms with van der Waals surface area (Å²) in [5, 5.41) is 10.8. The molecule has 87 valence electrons. The van der Waals surface area contributed by atoms with E-state index in [1.807, 2.05) is 0 Å². The number of esters is 1. The summed E-state index contributed by atoms with van der Waals surface area (Å²) in [7, 11) is 0. The van der Waals surface area contributed by atoms with E-state index in [1.54, 1.807) is 0 Å². The van der Waals surface area contributed by atoms with Gasteiger partial charge >= 0.3 is 5.97 Å². The third-order valence-corrected chi connectivity index (χ3v) is 2.32. The Labute approximate surface area is 96.1 Å². The Kier molecular flexibility index (Phi) is 5.40. The van der Waals surface area contributed by atoms with Crippen molar-refractivity contribution in [2.45, 2.75) is 32.6 Å². The van der Waals surface area contributed by atoms with Crippen molar-refractivity contribution in [3.05, 3.63) is 29.8 Å². The number of carbonyl (C=O) groups excluding carboxylic acids is 1. The second-order valence-corrected chi connectivity index (χ2v) is 3.72. The SMILES string of the molecule is CCCCCCOC(=O)c1ccc([O])cc1. The zero-order valence-corrected chi connectivity index (χ0v) is 9.57. The largest absolute Gasteiger partial charge is 0.462 e. The van der Waals surface area contributed by atoms with E-state index in [4.69, 9.17) is 4.74 Å². The molecule has 1 rings (SSSR count). The molecular formula is C13H17O3. The van der Waals surface area contributed by atoms with E-state index in [2.05, 4.69) is 6.92 Å². The molecule has 0 spiro atoms. The van der Waals surface area contributed by atoms with E-state index in [1.165, 1.54) is 37.1 Å². The molecule has 3 heteroatoms. The van der Waals surface area contributed by atoms with Crippen molar-refractivity contribution in [3.8, 4) is 5.75 Å². The molecule has 0 saturated carbocycles. The summed E-state index contributed by atoms with van der Waals surface area (Å²) in [4.78, 5) is 11.5. The van der Waals surface area contributed by atoms with Crippen molar-refractivity contribution < 1.29 is 14.6 Å². The fraction of sp³-hybridized carbons (Fsp3) is 0.462. The van der Waals surface area contributed by atoms with E-state index in [-0.39, 0.29) is 11.7 Å². The van der Waals surface area contributed by atoms with Crippen molar-refractivity contribution in [3.63, 3.8) is 0 Å². The highest BCUT2D eigenvalue weighted by atomic mass is 16.5. The van der Waals surface area contributed by atoms with Gasteiger partial charge in [0.1, 0.15) is 0 Å². The monoisotopic (exact) mass is 221 g/mol. The van der Waals surface area contributed by atoms with Crippen LogP contribution in [0.2, 0.25) is 0 Å². The molecule has 3 nitrogen and oxygen atoms in total. The third kappa shape index (κ3) is 4.34. The minimum atomic E-state index is -0.350. The van der Waals surface area contributed by atoms with Gasteiger partial charge in [0.2, 0.25) is 0 Å². The molecule has 0 atom stereocenters. The van der Waals surface area contributed by atoms with Crippen LogP contribution in [0.3, 0.4) is 0 Å². The lowest BCUT2D eigenvalue weighted by Gasteiger charge is -2.04. The van der Waals surface area contributed by atoms with Crippen molar-refractivity contribution >= 4 is 5.97 Å². The number of benzene rings is 1. The van der Waals surface area contributed by atoms with Gasteiger partial charge in [0.15, 0.2) is 5.75 Å². The lowest BCUT2D eigenvalue weighted by atomic mass is 10.2. The highest BCUT2D eigenvalue weighted by Crippen LogP contribution is 2.11. The van der Waals surface area contributed by atoms with Gasteiger partial charge in [-0.2, -0.15) is 0 Å². The van der Waals surface area contributed by atoms with Crippen LogP contribution in [0, 0.1) is 0 Å². The highest BCUT2D eigenvalue weighted by Gasteiger charge is 2.06. The highest BCUT2D eigenvalue weighted by molar-refractivity contribution is 5.89. The molecule has 1 radical (unpaired) electrons. The molecule has 0 aliphatic heterocycles. The quantitative estimate of drug-likeness (QED) is 0.544. The van der Waals surface area contributed by atoms with Crippen molar-refractivity contribution in [2.75, 3.05) is 6.61 Å². The predicted octanol–water partition coefficient (Wildman–Crippen LogP) is 3.57. The lowest BCUT2D eigenvalue weighted by Crippen LogP contribution is -2.06. The molecule has 0 aliphatic carbocycles. The Morgan fingerprint density at radius 2 is 1.81 bits per heavy atom. The predicted molar refractivity (Wildman–Crippen MR) is 61.0 cm³/mol. The second-order valence-electron chi connectivity index (χ2n) is 3.72. The topological polar surface area (TPSA) is 46.2 Å². The fourth-order valence-corrected chi connectivity index (χ4v) is 1.37. The van der Waals surface area contributed by atoms with Crippen LogP contribution >= 0.6 is 0 Å². The summed E-state index contributed by atoms with van der Waals surface area (Å²) in [6.45, 7) is 2.59. The maximum atomic E-state index is 11.5. The number of hydrogen-bond acceptors (Lipinski definition) is 2. The zero-order chi connectivity index (χ0) is 11.8. The average molecular weight is 221 g/mol. The normalized spacial score (nSPS) is 10.1. The van der Waals surface area contributed by atoms with Crippen LogP contribution in [0.25, 0.3) is 0 Å². The van der Waals surface area contributed by atoms with Crippen LogP contribution in [-0.2, 0) is 9.84 Å². The molecule has 0 amide bonds. The maximum Gasteiger partial charge on any atom is 0.338 e. The first-order chi connectivity index (χ1) is 7.74. The molecule has 0 saturated heterocycles.